The number of para-hydroxylation sites is 1. The minimum absolute atomic E-state index is 0.195. The monoisotopic (exact) mass is 405 g/mol. The van der Waals surface area contributed by atoms with Gasteiger partial charge in [-0.15, -0.1) is 0 Å². The van der Waals surface area contributed by atoms with Crippen molar-refractivity contribution in [3.63, 3.8) is 0 Å². The number of aromatic nitrogens is 1. The molecule has 29 heavy (non-hydrogen) atoms. The maximum absolute atomic E-state index is 10.6. The summed E-state index contributed by atoms with van der Waals surface area (Å²) in [6.45, 7) is 4.72. The van der Waals surface area contributed by atoms with Crippen LogP contribution in [0, 0.1) is 0 Å². The van der Waals surface area contributed by atoms with Crippen molar-refractivity contribution >= 4 is 40.6 Å². The molecule has 2 heterocycles. The molecule has 6 heteroatoms. The third-order valence-electron chi connectivity index (χ3n) is 4.83. The highest BCUT2D eigenvalue weighted by atomic mass is 32.1. The molecule has 0 fully saturated rings. The quantitative estimate of drug-likeness (QED) is 0.631. The van der Waals surface area contributed by atoms with Gasteiger partial charge in [0.15, 0.2) is 4.80 Å². The molecule has 0 aliphatic carbocycles. The molecule has 0 spiro atoms. The molecule has 148 valence electrons. The minimum atomic E-state index is 0.195. The highest BCUT2D eigenvalue weighted by molar-refractivity contribution is 7.10. The Hall–Kier alpha value is -3.12. The number of ether oxygens (including phenoxy) is 1. The van der Waals surface area contributed by atoms with Crippen LogP contribution in [0.3, 0.4) is 0 Å². The molecular weight excluding hydrogens is 382 g/mol. The van der Waals surface area contributed by atoms with Crippen molar-refractivity contribution < 1.29 is 9.84 Å². The van der Waals surface area contributed by atoms with Gasteiger partial charge in [-0.3, -0.25) is 9.56 Å². The lowest BCUT2D eigenvalue weighted by Crippen LogP contribution is -2.08. The number of rotatable bonds is 5. The largest absolute Gasteiger partial charge is 0.494 e. The summed E-state index contributed by atoms with van der Waals surface area (Å²) in [4.78, 5) is 10.7. The third kappa shape index (κ3) is 3.76. The first kappa shape index (κ1) is 19.2. The van der Waals surface area contributed by atoms with E-state index in [-0.39, 0.29) is 5.88 Å². The Bertz CT molecular complexity index is 1170. The first-order valence-corrected chi connectivity index (χ1v) is 10.5. The Morgan fingerprint density at radius 2 is 1.97 bits per heavy atom. The third-order valence-corrected chi connectivity index (χ3v) is 5.90. The minimum Gasteiger partial charge on any atom is -0.494 e. The molecule has 0 bridgehead atoms. The fourth-order valence-electron chi connectivity index (χ4n) is 3.28. The van der Waals surface area contributed by atoms with Gasteiger partial charge in [-0.2, -0.15) is 0 Å². The molecular formula is C23H23N3O2S. The first-order valence-electron chi connectivity index (χ1n) is 9.65. The lowest BCUT2D eigenvalue weighted by Gasteiger charge is -2.04. The van der Waals surface area contributed by atoms with Gasteiger partial charge in [0, 0.05) is 24.4 Å². The Morgan fingerprint density at radius 3 is 2.69 bits per heavy atom. The predicted octanol–water partition coefficient (Wildman–Crippen LogP) is 5.24. The van der Waals surface area contributed by atoms with Crippen molar-refractivity contribution in [3.05, 3.63) is 63.3 Å². The zero-order valence-electron chi connectivity index (χ0n) is 16.7. The topological polar surface area (TPSA) is 59.1 Å². The van der Waals surface area contributed by atoms with E-state index in [2.05, 4.69) is 35.1 Å². The average Bonchev–Trinajstić information content (AvgIpc) is 3.26. The molecule has 0 amide bonds. The molecule has 0 radical (unpaired) electrons. The maximum atomic E-state index is 10.6. The number of aryl methyl sites for hydroxylation is 1. The summed E-state index contributed by atoms with van der Waals surface area (Å²) >= 11 is 1.44. The Labute approximate surface area is 174 Å². The number of hydrogen-bond acceptors (Lipinski definition) is 5. The second-order valence-electron chi connectivity index (χ2n) is 6.69. The van der Waals surface area contributed by atoms with Crippen LogP contribution in [-0.4, -0.2) is 22.5 Å². The van der Waals surface area contributed by atoms with Gasteiger partial charge in [-0.1, -0.05) is 36.5 Å². The Kier molecular flexibility index (Phi) is 5.36. The van der Waals surface area contributed by atoms with Crippen molar-refractivity contribution in [1.82, 2.24) is 4.57 Å². The average molecular weight is 406 g/mol. The molecule has 1 aliphatic heterocycles. The molecule has 0 saturated heterocycles. The van der Waals surface area contributed by atoms with E-state index in [9.17, 15) is 5.11 Å². The number of fused-ring (bicyclic) bond motifs is 1. The van der Waals surface area contributed by atoms with E-state index in [1.165, 1.54) is 16.9 Å². The maximum Gasteiger partial charge on any atom is 0.210 e. The molecule has 2 aromatic carbocycles. The number of aliphatic imine (C=N–C) groups is 1. The molecule has 1 N–H and O–H groups in total. The van der Waals surface area contributed by atoms with E-state index < -0.39 is 0 Å². The van der Waals surface area contributed by atoms with Crippen molar-refractivity contribution in [1.29, 1.82) is 0 Å². The summed E-state index contributed by atoms with van der Waals surface area (Å²) in [5.74, 6) is 1.02. The van der Waals surface area contributed by atoms with Gasteiger partial charge >= 0.3 is 0 Å². The molecule has 0 unspecified atom stereocenters. The van der Waals surface area contributed by atoms with E-state index in [0.29, 0.717) is 6.61 Å². The SMILES string of the molecule is CCOc1ccc(N=c2sc(C=C3C=Nc4c(CC)cccc43)c(O)n2C)cc1. The fraction of sp³-hybridized carbons (Fsp3) is 0.217. The van der Waals surface area contributed by atoms with Crippen LogP contribution in [0.4, 0.5) is 11.4 Å². The van der Waals surface area contributed by atoms with Gasteiger partial charge in [0.05, 0.1) is 22.9 Å². The normalized spacial score (nSPS) is 14.6. The van der Waals surface area contributed by atoms with Gasteiger partial charge < -0.3 is 9.84 Å². The van der Waals surface area contributed by atoms with Crippen molar-refractivity contribution in [2.45, 2.75) is 20.3 Å². The smallest absolute Gasteiger partial charge is 0.210 e. The summed E-state index contributed by atoms with van der Waals surface area (Å²) in [6, 6.07) is 13.9. The molecule has 0 atom stereocenters. The summed E-state index contributed by atoms with van der Waals surface area (Å²) in [6.07, 6.45) is 4.79. The van der Waals surface area contributed by atoms with E-state index in [4.69, 9.17) is 4.74 Å². The lowest BCUT2D eigenvalue weighted by molar-refractivity contribution is 0.340. The summed E-state index contributed by atoms with van der Waals surface area (Å²) in [7, 11) is 1.81. The molecule has 4 rings (SSSR count). The van der Waals surface area contributed by atoms with Gasteiger partial charge in [0.1, 0.15) is 5.75 Å². The highest BCUT2D eigenvalue weighted by Crippen LogP contribution is 2.37. The fourth-order valence-corrected chi connectivity index (χ4v) is 4.26. The second-order valence-corrected chi connectivity index (χ2v) is 7.70. The molecule has 1 aromatic heterocycles. The number of nitrogens with zero attached hydrogens (tertiary/aromatic N) is 3. The lowest BCUT2D eigenvalue weighted by atomic mass is 10.0. The Balaban J connectivity index is 1.70. The van der Waals surface area contributed by atoms with Crippen molar-refractivity contribution in [2.24, 2.45) is 17.0 Å². The predicted molar refractivity (Wildman–Crippen MR) is 120 cm³/mol. The van der Waals surface area contributed by atoms with E-state index in [1.54, 1.807) is 4.57 Å². The summed E-state index contributed by atoms with van der Waals surface area (Å²) in [5, 5.41) is 10.6. The zero-order valence-corrected chi connectivity index (χ0v) is 17.5. The van der Waals surface area contributed by atoms with Gasteiger partial charge in [0.25, 0.3) is 0 Å². The number of hydrogen-bond donors (Lipinski definition) is 1. The van der Waals surface area contributed by atoms with Crippen LogP contribution in [0.25, 0.3) is 11.6 Å². The van der Waals surface area contributed by atoms with Crippen LogP contribution in [0.5, 0.6) is 11.6 Å². The second kappa shape index (κ2) is 8.09. The van der Waals surface area contributed by atoms with Crippen LogP contribution < -0.4 is 9.54 Å². The van der Waals surface area contributed by atoms with Gasteiger partial charge in [-0.25, -0.2) is 4.99 Å². The van der Waals surface area contributed by atoms with Crippen LogP contribution in [0.1, 0.15) is 29.9 Å². The van der Waals surface area contributed by atoms with E-state index in [0.717, 1.165) is 44.4 Å². The van der Waals surface area contributed by atoms with Gasteiger partial charge in [0.2, 0.25) is 5.88 Å². The number of thiazole rings is 1. The highest BCUT2D eigenvalue weighted by Gasteiger charge is 2.17. The van der Waals surface area contributed by atoms with Gasteiger partial charge in [-0.05, 0) is 49.2 Å². The summed E-state index contributed by atoms with van der Waals surface area (Å²) < 4.78 is 7.17. The number of aromatic hydroxyl groups is 1. The molecule has 5 nitrogen and oxygen atoms in total. The molecule has 0 saturated carbocycles. The van der Waals surface area contributed by atoms with Crippen LogP contribution in [0.15, 0.2) is 52.4 Å². The Morgan fingerprint density at radius 1 is 1.17 bits per heavy atom. The van der Waals surface area contributed by atoms with Crippen molar-refractivity contribution in [2.75, 3.05) is 6.61 Å². The molecule has 1 aliphatic rings. The summed E-state index contributed by atoms with van der Waals surface area (Å²) in [5.41, 5.74) is 5.17. The van der Waals surface area contributed by atoms with Crippen LogP contribution >= 0.6 is 11.3 Å². The van der Waals surface area contributed by atoms with Crippen molar-refractivity contribution in [3.8, 4) is 11.6 Å². The van der Waals surface area contributed by atoms with Crippen LogP contribution in [0.2, 0.25) is 0 Å². The van der Waals surface area contributed by atoms with E-state index >= 15 is 0 Å². The number of benzene rings is 2. The number of allylic oxidation sites excluding steroid dienone is 1. The first-order chi connectivity index (χ1) is 14.1. The van der Waals surface area contributed by atoms with E-state index in [1.807, 2.05) is 50.5 Å². The zero-order chi connectivity index (χ0) is 20.4. The standard InChI is InChI=1S/C23H23N3O2S/c1-4-15-7-6-8-19-16(14-24-21(15)19)13-20-22(27)26(3)23(29-20)25-17-9-11-18(12-10-17)28-5-2/h6-14,27H,4-5H2,1-3H3. The van der Waals surface area contributed by atoms with Crippen LogP contribution in [-0.2, 0) is 13.5 Å². The molecule has 3 aromatic rings.